The molecule has 0 aromatic heterocycles. The van der Waals surface area contributed by atoms with Crippen LogP contribution >= 0.6 is 0 Å². The fourth-order valence-electron chi connectivity index (χ4n) is 6.28. The van der Waals surface area contributed by atoms with Crippen molar-refractivity contribution in [1.82, 2.24) is 0 Å². The van der Waals surface area contributed by atoms with Crippen LogP contribution in [0.2, 0.25) is 0 Å². The minimum Gasteiger partial charge on any atom is -0.393 e. The topological polar surface area (TPSA) is 74.6 Å². The molecule has 2 rings (SSSR count). The molecule has 2 N–H and O–H groups in total. The zero-order valence-corrected chi connectivity index (χ0v) is 28.7. The van der Waals surface area contributed by atoms with Crippen molar-refractivity contribution in [3.8, 4) is 11.8 Å². The third-order valence-electron chi connectivity index (χ3n) is 9.05. The summed E-state index contributed by atoms with van der Waals surface area (Å²) in [4.78, 5) is 25.0. The van der Waals surface area contributed by atoms with E-state index in [1.807, 2.05) is 96.2 Å². The van der Waals surface area contributed by atoms with Gasteiger partial charge in [0.15, 0.2) is 5.78 Å². The molecule has 0 amide bonds. The van der Waals surface area contributed by atoms with Crippen LogP contribution < -0.4 is 0 Å². The van der Waals surface area contributed by atoms with Gasteiger partial charge in [0.2, 0.25) is 0 Å². The Bertz CT molecular complexity index is 1400. The van der Waals surface area contributed by atoms with Crippen molar-refractivity contribution in [2.45, 2.75) is 113 Å². The Morgan fingerprint density at radius 1 is 0.909 bits per heavy atom. The normalized spacial score (nSPS) is 27.0. The van der Waals surface area contributed by atoms with Crippen LogP contribution in [0.15, 0.2) is 94.2 Å². The molecule has 4 heteroatoms. The molecular weight excluding hydrogens is 544 g/mol. The summed E-state index contributed by atoms with van der Waals surface area (Å²) < 4.78 is 0. The Labute approximate surface area is 266 Å². The van der Waals surface area contributed by atoms with Gasteiger partial charge in [-0.05, 0) is 64.5 Å². The van der Waals surface area contributed by atoms with E-state index in [0.29, 0.717) is 24.8 Å². The summed E-state index contributed by atoms with van der Waals surface area (Å²) in [6, 6.07) is 0. The van der Waals surface area contributed by atoms with Crippen molar-refractivity contribution in [1.29, 1.82) is 0 Å². The maximum Gasteiger partial charge on any atom is 0.161 e. The summed E-state index contributed by atoms with van der Waals surface area (Å²) in [6.45, 7) is 19.8. The molecule has 1 fully saturated rings. The van der Waals surface area contributed by atoms with Gasteiger partial charge in [0.05, 0.1) is 11.7 Å². The molecule has 2 aliphatic rings. The van der Waals surface area contributed by atoms with Crippen molar-refractivity contribution in [2.75, 3.05) is 0 Å². The first-order valence-electron chi connectivity index (χ1n) is 15.8. The molecule has 0 bridgehead atoms. The third kappa shape index (κ3) is 10.4. The Kier molecular flexibility index (Phi) is 13.1. The molecule has 44 heavy (non-hydrogen) atoms. The molecule has 0 aromatic carbocycles. The standard InChI is InChI=1S/C40H54O4/c1-28(17-13-18-30(3)21-22-36-32(5)23-34(41)25-38(36,7)8)15-11-12-16-29(2)19-14-20-31(4)37(43)27-40(44)33(6)24-35(42)26-39(40,9)10/h11-20,33-34,41,44H,23-27H2,1-10H3/b12-11+,17-13-,19-14-,28-15-,29-16+,30-18-,31-20+. The van der Waals surface area contributed by atoms with Crippen molar-refractivity contribution in [3.63, 3.8) is 0 Å². The second-order valence-corrected chi connectivity index (χ2v) is 14.2. The molecule has 0 radical (unpaired) electrons. The summed E-state index contributed by atoms with van der Waals surface area (Å²) in [7, 11) is 0. The molecule has 0 saturated heterocycles. The first kappa shape index (κ1) is 36.9. The van der Waals surface area contributed by atoms with Crippen LogP contribution in [0.3, 0.4) is 0 Å². The van der Waals surface area contributed by atoms with E-state index in [1.54, 1.807) is 13.0 Å². The van der Waals surface area contributed by atoms with Gasteiger partial charge in [-0.3, -0.25) is 9.59 Å². The first-order valence-corrected chi connectivity index (χ1v) is 15.8. The average Bonchev–Trinajstić information content (AvgIpc) is 2.88. The molecule has 0 heterocycles. The zero-order valence-electron chi connectivity index (χ0n) is 28.7. The fourth-order valence-corrected chi connectivity index (χ4v) is 6.28. The number of hydrogen-bond donors (Lipinski definition) is 2. The maximum absolute atomic E-state index is 12.9. The monoisotopic (exact) mass is 598 g/mol. The Balaban J connectivity index is 1.93. The first-order chi connectivity index (χ1) is 20.4. The smallest absolute Gasteiger partial charge is 0.161 e. The Hall–Kier alpha value is -3.26. The zero-order chi connectivity index (χ0) is 33.3. The SMILES string of the molecule is CC1=C(C#C\C(C)=C/C=C\C(C)=C/C=C/C=C(C)/C=C\C=C(/C)C(=O)CC2(O)C(C)CC(=O)CC2(C)C)C(C)(C)CC(O)C1. The highest BCUT2D eigenvalue weighted by Gasteiger charge is 2.53. The lowest BCUT2D eigenvalue weighted by atomic mass is 9.58. The van der Waals surface area contributed by atoms with E-state index in [-0.39, 0.29) is 35.4 Å². The molecular formula is C40H54O4. The maximum atomic E-state index is 12.9. The molecule has 0 spiro atoms. The van der Waals surface area contributed by atoms with E-state index in [9.17, 15) is 19.8 Å². The highest BCUT2D eigenvalue weighted by molar-refractivity contribution is 5.96. The number of carbonyl (C=O) groups is 2. The van der Waals surface area contributed by atoms with Gasteiger partial charge < -0.3 is 10.2 Å². The van der Waals surface area contributed by atoms with Crippen LogP contribution in [0.5, 0.6) is 0 Å². The largest absolute Gasteiger partial charge is 0.393 e. The van der Waals surface area contributed by atoms with Crippen LogP contribution in [0.4, 0.5) is 0 Å². The molecule has 238 valence electrons. The lowest BCUT2D eigenvalue weighted by molar-refractivity contribution is -0.162. The van der Waals surface area contributed by atoms with Gasteiger partial charge in [-0.1, -0.05) is 124 Å². The molecule has 3 unspecified atom stereocenters. The number of Topliss-reactive ketones (excluding diaryl/α,β-unsaturated/α-hetero) is 2. The summed E-state index contributed by atoms with van der Waals surface area (Å²) in [6.07, 6.45) is 21.5. The van der Waals surface area contributed by atoms with E-state index >= 15 is 0 Å². The number of ketones is 2. The Morgan fingerprint density at radius 3 is 2.02 bits per heavy atom. The number of hydrogen-bond acceptors (Lipinski definition) is 4. The second kappa shape index (κ2) is 15.6. The summed E-state index contributed by atoms with van der Waals surface area (Å²) >= 11 is 0. The number of rotatable bonds is 9. The highest BCUT2D eigenvalue weighted by Crippen LogP contribution is 2.48. The van der Waals surface area contributed by atoms with Crippen molar-refractivity contribution in [2.24, 2.45) is 16.7 Å². The van der Waals surface area contributed by atoms with Gasteiger partial charge in [0.1, 0.15) is 5.78 Å². The van der Waals surface area contributed by atoms with Gasteiger partial charge in [0, 0.05) is 35.7 Å². The van der Waals surface area contributed by atoms with E-state index < -0.39 is 11.0 Å². The second-order valence-electron chi connectivity index (χ2n) is 14.2. The van der Waals surface area contributed by atoms with Crippen molar-refractivity contribution < 1.29 is 19.8 Å². The number of allylic oxidation sites excluding steroid dienone is 15. The van der Waals surface area contributed by atoms with Gasteiger partial charge in [-0.25, -0.2) is 0 Å². The van der Waals surface area contributed by atoms with Gasteiger partial charge in [-0.15, -0.1) is 0 Å². The summed E-state index contributed by atoms with van der Waals surface area (Å²) in [5.74, 6) is 6.43. The molecule has 2 aliphatic carbocycles. The van der Waals surface area contributed by atoms with Gasteiger partial charge in [-0.2, -0.15) is 0 Å². The van der Waals surface area contributed by atoms with Gasteiger partial charge >= 0.3 is 0 Å². The molecule has 0 aromatic rings. The number of aliphatic hydroxyl groups excluding tert-OH is 1. The predicted octanol–water partition coefficient (Wildman–Crippen LogP) is 8.66. The predicted molar refractivity (Wildman–Crippen MR) is 184 cm³/mol. The minimum absolute atomic E-state index is 0.0210. The third-order valence-corrected chi connectivity index (χ3v) is 9.05. The lowest BCUT2D eigenvalue weighted by Crippen LogP contribution is -2.55. The van der Waals surface area contributed by atoms with Crippen LogP contribution in [0.1, 0.15) is 101 Å². The van der Waals surface area contributed by atoms with Gasteiger partial charge in [0.25, 0.3) is 0 Å². The number of carbonyl (C=O) groups excluding carboxylic acids is 2. The van der Waals surface area contributed by atoms with E-state index in [4.69, 9.17) is 0 Å². The molecule has 3 atom stereocenters. The van der Waals surface area contributed by atoms with Crippen LogP contribution in [-0.2, 0) is 9.59 Å². The highest BCUT2D eigenvalue weighted by atomic mass is 16.3. The van der Waals surface area contributed by atoms with Crippen molar-refractivity contribution in [3.05, 3.63) is 94.2 Å². The minimum atomic E-state index is -1.20. The molecule has 1 saturated carbocycles. The van der Waals surface area contributed by atoms with E-state index in [1.165, 1.54) is 5.57 Å². The Morgan fingerprint density at radius 2 is 1.48 bits per heavy atom. The average molecular weight is 599 g/mol. The van der Waals surface area contributed by atoms with Crippen LogP contribution in [-0.4, -0.2) is 33.5 Å². The summed E-state index contributed by atoms with van der Waals surface area (Å²) in [5, 5.41) is 21.5. The van der Waals surface area contributed by atoms with Crippen LogP contribution in [0.25, 0.3) is 0 Å². The van der Waals surface area contributed by atoms with Crippen LogP contribution in [0, 0.1) is 28.6 Å². The number of aliphatic hydroxyl groups is 2. The van der Waals surface area contributed by atoms with E-state index in [0.717, 1.165) is 28.7 Å². The fraction of sp³-hybridized carbons (Fsp3) is 0.500. The molecule has 0 aliphatic heterocycles. The van der Waals surface area contributed by atoms with E-state index in [2.05, 4.69) is 32.6 Å². The quantitative estimate of drug-likeness (QED) is 0.158. The lowest BCUT2D eigenvalue weighted by Gasteiger charge is -2.49. The molecule has 4 nitrogen and oxygen atoms in total. The summed E-state index contributed by atoms with van der Waals surface area (Å²) in [5.41, 5.74) is 4.11. The van der Waals surface area contributed by atoms with Crippen molar-refractivity contribution >= 4 is 11.6 Å².